The molecule has 120 valence electrons. The third-order valence-corrected chi connectivity index (χ3v) is 3.71. The topological polar surface area (TPSA) is 75.4 Å². The fourth-order valence-electron chi connectivity index (χ4n) is 1.97. The Morgan fingerprint density at radius 1 is 1.13 bits per heavy atom. The fraction of sp³-hybridized carbons (Fsp3) is 0.125. The molecule has 2 aromatic rings. The molecule has 0 radical (unpaired) electrons. The first-order valence-electron chi connectivity index (χ1n) is 6.83. The van der Waals surface area contributed by atoms with E-state index in [1.165, 1.54) is 24.3 Å². The van der Waals surface area contributed by atoms with Crippen LogP contribution < -0.4 is 15.4 Å². The highest BCUT2D eigenvalue weighted by molar-refractivity contribution is 7.82. The number of amides is 3. The van der Waals surface area contributed by atoms with Crippen LogP contribution in [0.25, 0.3) is 0 Å². The van der Waals surface area contributed by atoms with Gasteiger partial charge in [0, 0.05) is 5.56 Å². The van der Waals surface area contributed by atoms with Gasteiger partial charge >= 0.3 is 6.03 Å². The molecule has 7 heteroatoms. The van der Waals surface area contributed by atoms with E-state index in [0.29, 0.717) is 11.3 Å². The molecule has 2 rings (SSSR count). The number of carbonyl (C=O) groups excluding carboxylic acids is 2. The zero-order valence-electron chi connectivity index (χ0n) is 12.4. The van der Waals surface area contributed by atoms with Crippen molar-refractivity contribution in [1.82, 2.24) is 5.32 Å². The summed E-state index contributed by atoms with van der Waals surface area (Å²) in [6.07, 6.45) is 0. The van der Waals surface area contributed by atoms with E-state index in [4.69, 9.17) is 5.73 Å². The number of primary amides is 1. The summed E-state index contributed by atoms with van der Waals surface area (Å²) >= 11 is 4.15. The maximum absolute atomic E-state index is 12.9. The van der Waals surface area contributed by atoms with Crippen molar-refractivity contribution in [3.63, 3.8) is 0 Å². The Bertz CT molecular complexity index is 704. The van der Waals surface area contributed by atoms with E-state index in [0.717, 1.165) is 9.87 Å². The summed E-state index contributed by atoms with van der Waals surface area (Å²) in [7, 11) is 0. The van der Waals surface area contributed by atoms with Gasteiger partial charge in [0.1, 0.15) is 5.82 Å². The van der Waals surface area contributed by atoms with E-state index in [2.05, 4.69) is 18.1 Å². The third kappa shape index (κ3) is 4.23. The van der Waals surface area contributed by atoms with Crippen LogP contribution in [0.15, 0.2) is 48.5 Å². The van der Waals surface area contributed by atoms with E-state index >= 15 is 0 Å². The number of nitrogens with two attached hydrogens (primary N) is 1. The normalized spacial score (nSPS) is 11.6. The molecule has 23 heavy (non-hydrogen) atoms. The van der Waals surface area contributed by atoms with Crippen molar-refractivity contribution in [2.75, 3.05) is 4.31 Å². The van der Waals surface area contributed by atoms with Gasteiger partial charge in [-0.2, -0.15) is 0 Å². The van der Waals surface area contributed by atoms with E-state index in [1.54, 1.807) is 31.2 Å². The summed E-state index contributed by atoms with van der Waals surface area (Å²) in [6.45, 7) is 1.78. The van der Waals surface area contributed by atoms with Gasteiger partial charge in [-0.1, -0.05) is 24.9 Å². The lowest BCUT2D eigenvalue weighted by Crippen LogP contribution is -2.35. The van der Waals surface area contributed by atoms with Gasteiger partial charge < -0.3 is 11.1 Å². The molecule has 2 aromatic carbocycles. The molecular weight excluding hydrogens is 317 g/mol. The fourth-order valence-corrected chi connectivity index (χ4v) is 2.16. The molecule has 1 atom stereocenters. The molecule has 5 nitrogen and oxygen atoms in total. The van der Waals surface area contributed by atoms with Crippen LogP contribution in [0.2, 0.25) is 0 Å². The molecule has 0 heterocycles. The molecular formula is C16H16FN3O2S. The highest BCUT2D eigenvalue weighted by Crippen LogP contribution is 2.19. The van der Waals surface area contributed by atoms with Crippen LogP contribution in [0.5, 0.6) is 0 Å². The molecule has 0 aliphatic heterocycles. The van der Waals surface area contributed by atoms with E-state index in [-0.39, 0.29) is 11.9 Å². The van der Waals surface area contributed by atoms with Gasteiger partial charge in [-0.3, -0.25) is 4.79 Å². The molecule has 0 saturated carbocycles. The Morgan fingerprint density at radius 2 is 1.70 bits per heavy atom. The SMILES string of the molecule is CC(NC(=O)N(S)c1ccc(C(N)=O)cc1)c1ccc(F)cc1. The first kappa shape index (κ1) is 16.8. The van der Waals surface area contributed by atoms with E-state index in [1.807, 2.05) is 0 Å². The summed E-state index contributed by atoms with van der Waals surface area (Å²) in [5, 5.41) is 2.75. The van der Waals surface area contributed by atoms with Crippen LogP contribution in [0.1, 0.15) is 28.9 Å². The van der Waals surface area contributed by atoms with Crippen LogP contribution in [0.3, 0.4) is 0 Å². The number of urea groups is 1. The van der Waals surface area contributed by atoms with Gasteiger partial charge in [0.05, 0.1) is 11.7 Å². The zero-order valence-corrected chi connectivity index (χ0v) is 13.3. The lowest BCUT2D eigenvalue weighted by molar-refractivity contribution is 0.100. The van der Waals surface area contributed by atoms with Crippen LogP contribution in [-0.4, -0.2) is 11.9 Å². The van der Waals surface area contributed by atoms with Gasteiger partial charge in [0.15, 0.2) is 0 Å². The Labute approximate surface area is 138 Å². The lowest BCUT2D eigenvalue weighted by atomic mass is 10.1. The second kappa shape index (κ2) is 7.15. The number of nitrogens with one attached hydrogen (secondary N) is 1. The second-order valence-electron chi connectivity index (χ2n) is 4.95. The molecule has 0 saturated heterocycles. The smallest absolute Gasteiger partial charge is 0.332 e. The van der Waals surface area contributed by atoms with Crippen LogP contribution in [0, 0.1) is 5.82 Å². The molecule has 0 aromatic heterocycles. The average molecular weight is 333 g/mol. The predicted molar refractivity (Wildman–Crippen MR) is 89.8 cm³/mol. The minimum atomic E-state index is -0.545. The number of hydrogen-bond acceptors (Lipinski definition) is 3. The number of thiol groups is 1. The van der Waals surface area contributed by atoms with Crippen molar-refractivity contribution >= 4 is 30.4 Å². The molecule has 0 bridgehead atoms. The van der Waals surface area contributed by atoms with Crippen molar-refractivity contribution < 1.29 is 14.0 Å². The van der Waals surface area contributed by atoms with Gasteiger partial charge in [0.25, 0.3) is 0 Å². The standard InChI is InChI=1S/C16H16FN3O2S/c1-10(11-2-6-13(17)7-3-11)19-16(22)20(23)14-8-4-12(5-9-14)15(18)21/h2-10,23H,1H3,(H2,18,21)(H,19,22). The minimum absolute atomic E-state index is 0.317. The van der Waals surface area contributed by atoms with Crippen molar-refractivity contribution in [3.8, 4) is 0 Å². The molecule has 3 amide bonds. The van der Waals surface area contributed by atoms with Crippen molar-refractivity contribution in [2.24, 2.45) is 5.73 Å². The van der Waals surface area contributed by atoms with Crippen LogP contribution >= 0.6 is 12.8 Å². The first-order chi connectivity index (χ1) is 10.9. The quantitative estimate of drug-likeness (QED) is 0.752. The van der Waals surface area contributed by atoms with E-state index < -0.39 is 11.9 Å². The molecule has 1 unspecified atom stereocenters. The summed E-state index contributed by atoms with van der Waals surface area (Å²) in [4.78, 5) is 23.2. The maximum Gasteiger partial charge on any atom is 0.332 e. The molecule has 3 N–H and O–H groups in total. The number of benzene rings is 2. The largest absolute Gasteiger partial charge is 0.366 e. The number of nitrogens with zero attached hydrogens (tertiary/aromatic N) is 1. The summed E-state index contributed by atoms with van der Waals surface area (Å²) < 4.78 is 14.0. The van der Waals surface area contributed by atoms with Gasteiger partial charge in [-0.25, -0.2) is 13.5 Å². The van der Waals surface area contributed by atoms with Crippen molar-refractivity contribution in [3.05, 3.63) is 65.5 Å². The van der Waals surface area contributed by atoms with Crippen LogP contribution in [0.4, 0.5) is 14.9 Å². The summed E-state index contributed by atoms with van der Waals surface area (Å²) in [6, 6.07) is 11.3. The van der Waals surface area contributed by atoms with Crippen LogP contribution in [-0.2, 0) is 0 Å². The highest BCUT2D eigenvalue weighted by Gasteiger charge is 2.16. The average Bonchev–Trinajstić information content (AvgIpc) is 2.54. The number of carbonyl (C=O) groups is 2. The Kier molecular flexibility index (Phi) is 5.23. The number of anilines is 1. The van der Waals surface area contributed by atoms with Gasteiger partial charge in [-0.15, -0.1) is 0 Å². The Balaban J connectivity index is 2.04. The lowest BCUT2D eigenvalue weighted by Gasteiger charge is -2.20. The first-order valence-corrected chi connectivity index (χ1v) is 7.23. The molecule has 0 fully saturated rings. The predicted octanol–water partition coefficient (Wildman–Crippen LogP) is 3.05. The maximum atomic E-state index is 12.9. The summed E-state index contributed by atoms with van der Waals surface area (Å²) in [5.74, 6) is -0.880. The molecule has 0 aliphatic carbocycles. The highest BCUT2D eigenvalue weighted by atomic mass is 32.1. The zero-order chi connectivity index (χ0) is 17.0. The van der Waals surface area contributed by atoms with E-state index in [9.17, 15) is 14.0 Å². The minimum Gasteiger partial charge on any atom is -0.366 e. The number of halogens is 1. The number of rotatable bonds is 4. The molecule has 0 spiro atoms. The Morgan fingerprint density at radius 3 is 2.22 bits per heavy atom. The van der Waals surface area contributed by atoms with Crippen molar-refractivity contribution in [2.45, 2.75) is 13.0 Å². The van der Waals surface area contributed by atoms with Gasteiger partial charge in [-0.05, 0) is 48.9 Å². The monoisotopic (exact) mass is 333 g/mol. The third-order valence-electron chi connectivity index (χ3n) is 3.30. The molecule has 0 aliphatic rings. The van der Waals surface area contributed by atoms with Crippen molar-refractivity contribution in [1.29, 1.82) is 0 Å². The second-order valence-corrected chi connectivity index (χ2v) is 5.35. The number of hydrogen-bond donors (Lipinski definition) is 3. The van der Waals surface area contributed by atoms with Gasteiger partial charge in [0.2, 0.25) is 5.91 Å². The summed E-state index contributed by atoms with van der Waals surface area (Å²) in [5.41, 5.74) is 6.76. The Hall–Kier alpha value is -2.54.